The largest absolute Gasteiger partial charge is 0.481 e. The van der Waals surface area contributed by atoms with Crippen molar-refractivity contribution in [3.63, 3.8) is 0 Å². The Labute approximate surface area is 90.2 Å². The number of likely N-dealkylation sites (tertiary alicyclic amines) is 1. The first-order chi connectivity index (χ1) is 7.20. The van der Waals surface area contributed by atoms with E-state index in [9.17, 15) is 4.79 Å². The van der Waals surface area contributed by atoms with Gasteiger partial charge in [-0.2, -0.15) is 0 Å². The smallest absolute Gasteiger partial charge is 0.308 e. The molecule has 0 saturated carbocycles. The van der Waals surface area contributed by atoms with E-state index in [1.807, 2.05) is 6.92 Å². The van der Waals surface area contributed by atoms with Crippen molar-refractivity contribution >= 4 is 5.97 Å². The first-order valence-corrected chi connectivity index (χ1v) is 5.76. The minimum Gasteiger partial charge on any atom is -0.481 e. The van der Waals surface area contributed by atoms with Crippen molar-refractivity contribution in [1.29, 1.82) is 0 Å². The van der Waals surface area contributed by atoms with Crippen LogP contribution in [0.15, 0.2) is 0 Å². The van der Waals surface area contributed by atoms with Crippen LogP contribution in [0.5, 0.6) is 0 Å². The summed E-state index contributed by atoms with van der Waals surface area (Å²) in [5.41, 5.74) is 0. The van der Waals surface area contributed by atoms with Gasteiger partial charge in [-0.15, -0.1) is 0 Å². The fourth-order valence-electron chi connectivity index (χ4n) is 2.83. The fraction of sp³-hybridized carbons (Fsp3) is 0.909. The van der Waals surface area contributed by atoms with E-state index in [1.54, 1.807) is 0 Å². The van der Waals surface area contributed by atoms with Gasteiger partial charge in [-0.05, 0) is 32.7 Å². The molecular formula is C11H19NO3. The maximum absolute atomic E-state index is 11.0. The summed E-state index contributed by atoms with van der Waals surface area (Å²) in [6.45, 7) is 4.63. The fourth-order valence-corrected chi connectivity index (χ4v) is 2.83. The second-order valence-electron chi connectivity index (χ2n) is 4.56. The summed E-state index contributed by atoms with van der Waals surface area (Å²) in [4.78, 5) is 13.4. The Bertz CT molecular complexity index is 238. The SMILES string of the molecule is CC1C(C(=O)O)CCN1C1CCOCC1. The van der Waals surface area contributed by atoms with Crippen LogP contribution in [-0.2, 0) is 9.53 Å². The molecule has 2 unspecified atom stereocenters. The van der Waals surface area contributed by atoms with Crippen molar-refractivity contribution in [3.05, 3.63) is 0 Å². The first kappa shape index (κ1) is 10.9. The molecule has 2 rings (SSSR count). The number of hydrogen-bond acceptors (Lipinski definition) is 3. The summed E-state index contributed by atoms with van der Waals surface area (Å²) >= 11 is 0. The van der Waals surface area contributed by atoms with Gasteiger partial charge in [0.05, 0.1) is 5.92 Å². The Morgan fingerprint density at radius 2 is 2.00 bits per heavy atom. The predicted octanol–water partition coefficient (Wildman–Crippen LogP) is 0.960. The number of rotatable bonds is 2. The van der Waals surface area contributed by atoms with Crippen LogP contribution in [-0.4, -0.2) is 47.8 Å². The minimum atomic E-state index is -0.642. The van der Waals surface area contributed by atoms with Gasteiger partial charge in [0, 0.05) is 25.3 Å². The zero-order chi connectivity index (χ0) is 10.8. The van der Waals surface area contributed by atoms with Crippen LogP contribution in [0.3, 0.4) is 0 Å². The van der Waals surface area contributed by atoms with E-state index >= 15 is 0 Å². The molecule has 0 spiro atoms. The van der Waals surface area contributed by atoms with Crippen molar-refractivity contribution < 1.29 is 14.6 Å². The predicted molar refractivity (Wildman–Crippen MR) is 55.8 cm³/mol. The molecule has 4 nitrogen and oxygen atoms in total. The van der Waals surface area contributed by atoms with Gasteiger partial charge in [0.2, 0.25) is 0 Å². The lowest BCUT2D eigenvalue weighted by molar-refractivity contribution is -0.142. The van der Waals surface area contributed by atoms with Gasteiger partial charge in [0.25, 0.3) is 0 Å². The molecule has 0 bridgehead atoms. The van der Waals surface area contributed by atoms with E-state index in [0.29, 0.717) is 6.04 Å². The zero-order valence-corrected chi connectivity index (χ0v) is 9.19. The van der Waals surface area contributed by atoms with Gasteiger partial charge in [-0.1, -0.05) is 0 Å². The molecule has 15 heavy (non-hydrogen) atoms. The molecule has 2 fully saturated rings. The molecule has 4 heteroatoms. The number of carbonyl (C=O) groups is 1. The Morgan fingerprint density at radius 1 is 1.33 bits per heavy atom. The Balaban J connectivity index is 1.96. The van der Waals surface area contributed by atoms with Crippen LogP contribution < -0.4 is 0 Å². The summed E-state index contributed by atoms with van der Waals surface area (Å²) in [6.07, 6.45) is 2.90. The molecule has 0 aliphatic carbocycles. The number of ether oxygens (including phenoxy) is 1. The molecule has 2 saturated heterocycles. The monoisotopic (exact) mass is 213 g/mol. The third-order valence-corrected chi connectivity index (χ3v) is 3.78. The normalized spacial score (nSPS) is 34.5. The van der Waals surface area contributed by atoms with Crippen LogP contribution >= 0.6 is 0 Å². The number of carboxylic acids is 1. The molecule has 2 heterocycles. The highest BCUT2D eigenvalue weighted by Gasteiger charge is 2.39. The van der Waals surface area contributed by atoms with Crippen LogP contribution in [0.2, 0.25) is 0 Å². The van der Waals surface area contributed by atoms with Crippen LogP contribution in [0.25, 0.3) is 0 Å². The third kappa shape index (κ3) is 2.16. The molecule has 0 radical (unpaired) electrons. The Kier molecular flexibility index (Phi) is 3.26. The molecule has 2 aliphatic heterocycles. The van der Waals surface area contributed by atoms with Crippen LogP contribution in [0, 0.1) is 5.92 Å². The molecule has 0 aromatic heterocycles. The second kappa shape index (κ2) is 4.49. The summed E-state index contributed by atoms with van der Waals surface area (Å²) in [6, 6.07) is 0.726. The molecule has 2 aliphatic rings. The number of carboxylic acid groups (broad SMARTS) is 1. The van der Waals surface area contributed by atoms with Gasteiger partial charge < -0.3 is 9.84 Å². The Morgan fingerprint density at radius 3 is 2.53 bits per heavy atom. The standard InChI is InChI=1S/C11H19NO3/c1-8-10(11(13)14)2-5-12(8)9-3-6-15-7-4-9/h8-10H,2-7H2,1H3,(H,13,14). The van der Waals surface area contributed by atoms with E-state index in [-0.39, 0.29) is 12.0 Å². The highest BCUT2D eigenvalue weighted by Crippen LogP contribution is 2.29. The zero-order valence-electron chi connectivity index (χ0n) is 9.19. The lowest BCUT2D eigenvalue weighted by atomic mass is 10.0. The van der Waals surface area contributed by atoms with Gasteiger partial charge in [-0.3, -0.25) is 9.69 Å². The maximum atomic E-state index is 11.0. The van der Waals surface area contributed by atoms with Gasteiger partial charge in [-0.25, -0.2) is 0 Å². The summed E-state index contributed by atoms with van der Waals surface area (Å²) in [5, 5.41) is 9.05. The maximum Gasteiger partial charge on any atom is 0.308 e. The van der Waals surface area contributed by atoms with Crippen molar-refractivity contribution in [2.75, 3.05) is 19.8 Å². The Hall–Kier alpha value is -0.610. The van der Waals surface area contributed by atoms with Crippen molar-refractivity contribution in [1.82, 2.24) is 4.90 Å². The highest BCUT2D eigenvalue weighted by molar-refractivity contribution is 5.71. The van der Waals surface area contributed by atoms with Gasteiger partial charge in [0.1, 0.15) is 0 Å². The quantitative estimate of drug-likeness (QED) is 0.742. The molecule has 0 amide bonds. The van der Waals surface area contributed by atoms with Gasteiger partial charge >= 0.3 is 5.97 Å². The van der Waals surface area contributed by atoms with E-state index in [4.69, 9.17) is 9.84 Å². The van der Waals surface area contributed by atoms with Gasteiger partial charge in [0.15, 0.2) is 0 Å². The molecule has 1 N–H and O–H groups in total. The topological polar surface area (TPSA) is 49.8 Å². The van der Waals surface area contributed by atoms with E-state index < -0.39 is 5.97 Å². The van der Waals surface area contributed by atoms with Crippen molar-refractivity contribution in [2.45, 2.75) is 38.3 Å². The summed E-state index contributed by atoms with van der Waals surface area (Å²) in [7, 11) is 0. The number of nitrogens with zero attached hydrogens (tertiary/aromatic N) is 1. The molecule has 0 aromatic carbocycles. The average Bonchev–Trinajstić information content (AvgIpc) is 2.61. The lowest BCUT2D eigenvalue weighted by Gasteiger charge is -2.34. The summed E-state index contributed by atoms with van der Waals surface area (Å²) < 4.78 is 5.33. The molecular weight excluding hydrogens is 194 g/mol. The second-order valence-corrected chi connectivity index (χ2v) is 4.56. The summed E-state index contributed by atoms with van der Waals surface area (Å²) in [5.74, 6) is -0.815. The third-order valence-electron chi connectivity index (χ3n) is 3.78. The molecule has 0 aromatic rings. The highest BCUT2D eigenvalue weighted by atomic mass is 16.5. The van der Waals surface area contributed by atoms with Crippen molar-refractivity contribution in [2.24, 2.45) is 5.92 Å². The van der Waals surface area contributed by atoms with Crippen LogP contribution in [0.4, 0.5) is 0 Å². The minimum absolute atomic E-state index is 0.173. The first-order valence-electron chi connectivity index (χ1n) is 5.76. The number of hydrogen-bond donors (Lipinski definition) is 1. The van der Waals surface area contributed by atoms with Crippen LogP contribution in [0.1, 0.15) is 26.2 Å². The van der Waals surface area contributed by atoms with Crippen molar-refractivity contribution in [3.8, 4) is 0 Å². The number of aliphatic carboxylic acids is 1. The lowest BCUT2D eigenvalue weighted by Crippen LogP contribution is -2.43. The average molecular weight is 213 g/mol. The molecule has 86 valence electrons. The van der Waals surface area contributed by atoms with E-state index in [2.05, 4.69) is 4.90 Å². The van der Waals surface area contributed by atoms with E-state index in [1.165, 1.54) is 0 Å². The molecule has 2 atom stereocenters. The van der Waals surface area contributed by atoms with E-state index in [0.717, 1.165) is 39.0 Å².